The first kappa shape index (κ1) is 18.8. The summed E-state index contributed by atoms with van der Waals surface area (Å²) in [4.78, 5) is 28.4. The first-order valence-corrected chi connectivity index (χ1v) is 10.1. The van der Waals surface area contributed by atoms with Crippen molar-refractivity contribution in [1.82, 2.24) is 4.98 Å². The minimum absolute atomic E-state index is 0.0728. The van der Waals surface area contributed by atoms with Crippen LogP contribution in [0.3, 0.4) is 0 Å². The quantitative estimate of drug-likeness (QED) is 0.748. The molecule has 1 aliphatic rings. The number of nitrogens with zero attached hydrogens (tertiary/aromatic N) is 1. The molecule has 3 rings (SSSR count). The Morgan fingerprint density at radius 1 is 1.22 bits per heavy atom. The van der Waals surface area contributed by atoms with E-state index in [1.807, 2.05) is 0 Å². The molecular weight excluding hydrogens is 370 g/mol. The van der Waals surface area contributed by atoms with Gasteiger partial charge in [0.15, 0.2) is 9.84 Å². The summed E-state index contributed by atoms with van der Waals surface area (Å²) in [6.45, 7) is 0. The summed E-state index contributed by atoms with van der Waals surface area (Å²) < 4.78 is 27.8. The van der Waals surface area contributed by atoms with Crippen LogP contribution in [0.15, 0.2) is 42.6 Å². The molecule has 27 heavy (non-hydrogen) atoms. The normalized spacial score (nSPS) is 17.9. The molecule has 1 aromatic carbocycles. The highest BCUT2D eigenvalue weighted by Gasteiger charge is 2.27. The van der Waals surface area contributed by atoms with Crippen molar-refractivity contribution in [2.45, 2.75) is 12.5 Å². The van der Waals surface area contributed by atoms with Gasteiger partial charge in [0, 0.05) is 17.9 Å². The smallest absolute Gasteiger partial charge is 0.339 e. The Hall–Kier alpha value is -2.94. The maximum atomic E-state index is 12.5. The van der Waals surface area contributed by atoms with Crippen molar-refractivity contribution in [3.05, 3.63) is 53.9 Å². The fourth-order valence-corrected chi connectivity index (χ4v) is 4.53. The van der Waals surface area contributed by atoms with Crippen LogP contribution in [0.25, 0.3) is 0 Å². The van der Waals surface area contributed by atoms with Crippen LogP contribution in [0.1, 0.15) is 27.3 Å². The van der Waals surface area contributed by atoms with Crippen molar-refractivity contribution in [1.29, 1.82) is 0 Å². The Morgan fingerprint density at radius 3 is 2.70 bits per heavy atom. The first-order chi connectivity index (χ1) is 12.9. The lowest BCUT2D eigenvalue weighted by Crippen LogP contribution is -2.21. The van der Waals surface area contributed by atoms with E-state index in [1.54, 1.807) is 36.4 Å². The monoisotopic (exact) mass is 389 g/mol. The summed E-state index contributed by atoms with van der Waals surface area (Å²) >= 11 is 0. The molecule has 1 aromatic heterocycles. The van der Waals surface area contributed by atoms with Crippen LogP contribution in [-0.4, -0.2) is 49.9 Å². The van der Waals surface area contributed by atoms with Gasteiger partial charge in [0.05, 0.1) is 29.9 Å². The average molecular weight is 389 g/mol. The zero-order valence-corrected chi connectivity index (χ0v) is 15.5. The maximum Gasteiger partial charge on any atom is 0.339 e. The number of nitrogens with one attached hydrogen (secondary N) is 2. The zero-order chi connectivity index (χ0) is 19.4. The topological polar surface area (TPSA) is 114 Å². The van der Waals surface area contributed by atoms with E-state index >= 15 is 0 Å². The van der Waals surface area contributed by atoms with Gasteiger partial charge < -0.3 is 15.4 Å². The molecule has 142 valence electrons. The number of aromatic nitrogens is 1. The van der Waals surface area contributed by atoms with Gasteiger partial charge >= 0.3 is 5.97 Å². The van der Waals surface area contributed by atoms with Crippen molar-refractivity contribution in [2.24, 2.45) is 0 Å². The molecule has 1 amide bonds. The van der Waals surface area contributed by atoms with Gasteiger partial charge in [0.25, 0.3) is 5.91 Å². The van der Waals surface area contributed by atoms with Gasteiger partial charge in [-0.05, 0) is 30.7 Å². The Balaban J connectivity index is 1.74. The lowest BCUT2D eigenvalue weighted by atomic mass is 10.1. The molecular formula is C18H19N3O5S. The second-order valence-corrected chi connectivity index (χ2v) is 8.39. The van der Waals surface area contributed by atoms with Crippen molar-refractivity contribution >= 4 is 33.1 Å². The summed E-state index contributed by atoms with van der Waals surface area (Å²) in [5, 5.41) is 5.77. The van der Waals surface area contributed by atoms with Gasteiger partial charge in [-0.1, -0.05) is 12.1 Å². The number of hydrogen-bond acceptors (Lipinski definition) is 7. The molecule has 1 atom stereocenters. The zero-order valence-electron chi connectivity index (χ0n) is 14.6. The molecule has 0 bridgehead atoms. The first-order valence-electron chi connectivity index (χ1n) is 8.29. The number of carbonyl (C=O) groups excluding carboxylic acids is 2. The Labute approximate surface area is 156 Å². The van der Waals surface area contributed by atoms with Crippen molar-refractivity contribution in [2.75, 3.05) is 29.2 Å². The summed E-state index contributed by atoms with van der Waals surface area (Å²) in [5.74, 6) is -0.817. The molecule has 0 aliphatic carbocycles. The van der Waals surface area contributed by atoms with Crippen LogP contribution in [0.2, 0.25) is 0 Å². The van der Waals surface area contributed by atoms with Gasteiger partial charge in [-0.25, -0.2) is 13.2 Å². The van der Waals surface area contributed by atoms with Gasteiger partial charge in [-0.2, -0.15) is 0 Å². The lowest BCUT2D eigenvalue weighted by molar-refractivity contribution is 0.0602. The van der Waals surface area contributed by atoms with E-state index in [0.29, 0.717) is 17.8 Å². The number of benzene rings is 1. The number of sulfone groups is 1. The molecule has 0 spiro atoms. The third kappa shape index (κ3) is 4.62. The maximum absolute atomic E-state index is 12.5. The predicted molar refractivity (Wildman–Crippen MR) is 101 cm³/mol. The van der Waals surface area contributed by atoms with Crippen molar-refractivity contribution in [3.63, 3.8) is 0 Å². The number of methoxy groups -OCH3 is 1. The van der Waals surface area contributed by atoms with E-state index in [1.165, 1.54) is 13.3 Å². The van der Waals surface area contributed by atoms with Gasteiger partial charge in [0.2, 0.25) is 0 Å². The van der Waals surface area contributed by atoms with Crippen LogP contribution in [0, 0.1) is 0 Å². The summed E-state index contributed by atoms with van der Waals surface area (Å²) in [7, 11) is -1.73. The molecule has 1 saturated heterocycles. The minimum Gasteiger partial charge on any atom is -0.465 e. The number of hydrogen-bond donors (Lipinski definition) is 2. The number of esters is 1. The second kappa shape index (κ2) is 7.75. The SMILES string of the molecule is COC(=O)c1ccccc1NC(=O)c1cc(NC2CCS(=O)(=O)C2)ccn1. The van der Waals surface area contributed by atoms with Crippen molar-refractivity contribution < 1.29 is 22.7 Å². The molecule has 1 fully saturated rings. The Morgan fingerprint density at radius 2 is 2.00 bits per heavy atom. The molecule has 8 nitrogen and oxygen atoms in total. The fourth-order valence-electron chi connectivity index (χ4n) is 2.86. The summed E-state index contributed by atoms with van der Waals surface area (Å²) in [5.41, 5.74) is 1.30. The van der Waals surface area contributed by atoms with E-state index < -0.39 is 21.7 Å². The largest absolute Gasteiger partial charge is 0.465 e. The van der Waals surface area contributed by atoms with E-state index in [-0.39, 0.29) is 28.8 Å². The fraction of sp³-hybridized carbons (Fsp3) is 0.278. The van der Waals surface area contributed by atoms with Gasteiger partial charge in [-0.3, -0.25) is 9.78 Å². The van der Waals surface area contributed by atoms with E-state index in [0.717, 1.165) is 0 Å². The van der Waals surface area contributed by atoms with Crippen LogP contribution in [-0.2, 0) is 14.6 Å². The lowest BCUT2D eigenvalue weighted by Gasteiger charge is -2.13. The Kier molecular flexibility index (Phi) is 5.41. The van der Waals surface area contributed by atoms with E-state index in [4.69, 9.17) is 4.74 Å². The number of ether oxygens (including phenoxy) is 1. The predicted octanol–water partition coefficient (Wildman–Crippen LogP) is 1.72. The average Bonchev–Trinajstić information content (AvgIpc) is 3.00. The molecule has 1 unspecified atom stereocenters. The number of anilines is 2. The van der Waals surface area contributed by atoms with E-state index in [9.17, 15) is 18.0 Å². The van der Waals surface area contributed by atoms with Crippen molar-refractivity contribution in [3.8, 4) is 0 Å². The number of carbonyl (C=O) groups is 2. The van der Waals surface area contributed by atoms with E-state index in [2.05, 4.69) is 15.6 Å². The number of rotatable bonds is 5. The van der Waals surface area contributed by atoms with Crippen LogP contribution >= 0.6 is 0 Å². The Bertz CT molecular complexity index is 974. The van der Waals surface area contributed by atoms with Crippen LogP contribution in [0.4, 0.5) is 11.4 Å². The molecule has 1 aliphatic heterocycles. The standard InChI is InChI=1S/C18H19N3O5S/c1-26-18(23)14-4-2-3-5-15(14)21-17(22)16-10-12(6-8-19-16)20-13-7-9-27(24,25)11-13/h2-6,8,10,13H,7,9,11H2,1H3,(H,19,20)(H,21,22). The highest BCUT2D eigenvalue weighted by Crippen LogP contribution is 2.20. The molecule has 0 saturated carbocycles. The molecule has 0 radical (unpaired) electrons. The summed E-state index contributed by atoms with van der Waals surface area (Å²) in [6.07, 6.45) is 1.99. The van der Waals surface area contributed by atoms with Gasteiger partial charge in [0.1, 0.15) is 5.69 Å². The number of pyridine rings is 1. The van der Waals surface area contributed by atoms with Gasteiger partial charge in [-0.15, -0.1) is 0 Å². The summed E-state index contributed by atoms with van der Waals surface area (Å²) in [6, 6.07) is 9.52. The minimum atomic E-state index is -3.00. The molecule has 2 aromatic rings. The number of para-hydroxylation sites is 1. The highest BCUT2D eigenvalue weighted by molar-refractivity contribution is 7.91. The number of amides is 1. The molecule has 9 heteroatoms. The highest BCUT2D eigenvalue weighted by atomic mass is 32.2. The third-order valence-electron chi connectivity index (χ3n) is 4.18. The molecule has 2 heterocycles. The van der Waals surface area contributed by atoms with Crippen LogP contribution < -0.4 is 10.6 Å². The second-order valence-electron chi connectivity index (χ2n) is 6.17. The van der Waals surface area contributed by atoms with Crippen LogP contribution in [0.5, 0.6) is 0 Å². The molecule has 2 N–H and O–H groups in total. The third-order valence-corrected chi connectivity index (χ3v) is 5.94.